The highest BCUT2D eigenvalue weighted by Crippen LogP contribution is 2.25. The minimum absolute atomic E-state index is 0.103. The van der Waals surface area contributed by atoms with Crippen molar-refractivity contribution < 1.29 is 9.47 Å². The Morgan fingerprint density at radius 3 is 2.34 bits per heavy atom. The smallest absolute Gasteiger partial charge is 0.222 e. The molecule has 0 bridgehead atoms. The van der Waals surface area contributed by atoms with Gasteiger partial charge in [0.2, 0.25) is 4.77 Å². The Hall–Kier alpha value is -1.14. The van der Waals surface area contributed by atoms with Crippen LogP contribution in [0.5, 0.6) is 0 Å². The summed E-state index contributed by atoms with van der Waals surface area (Å²) in [6.07, 6.45) is 0.724. The van der Waals surface area contributed by atoms with Gasteiger partial charge in [0, 0.05) is 16.2 Å². The highest BCUT2D eigenvalue weighted by atomic mass is 127. The summed E-state index contributed by atoms with van der Waals surface area (Å²) in [5, 5.41) is 9.15. The number of alkyl halides is 2. The molecule has 29 heavy (non-hydrogen) atoms. The molecular formula is C20H22BrIN4O2S. The lowest BCUT2D eigenvalue weighted by atomic mass is 10.0. The highest BCUT2D eigenvalue weighted by Gasteiger charge is 2.19. The van der Waals surface area contributed by atoms with Crippen molar-refractivity contribution in [2.45, 2.75) is 25.4 Å². The number of benzene rings is 2. The van der Waals surface area contributed by atoms with Crippen LogP contribution >= 0.6 is 50.7 Å². The topological polar surface area (TPSA) is 54.1 Å². The summed E-state index contributed by atoms with van der Waals surface area (Å²) in [6.45, 7) is 0.892. The highest BCUT2D eigenvalue weighted by molar-refractivity contribution is 14.1. The van der Waals surface area contributed by atoms with E-state index in [2.05, 4.69) is 61.1 Å². The number of nitrogens with zero attached hydrogens (tertiary/aromatic N) is 4. The van der Waals surface area contributed by atoms with Crippen molar-refractivity contribution in [3.05, 3.63) is 71.0 Å². The fourth-order valence-electron chi connectivity index (χ4n) is 2.84. The molecule has 0 saturated heterocycles. The van der Waals surface area contributed by atoms with Gasteiger partial charge in [-0.3, -0.25) is 0 Å². The molecule has 0 saturated carbocycles. The zero-order chi connectivity index (χ0) is 20.5. The predicted octanol–water partition coefficient (Wildman–Crippen LogP) is 5.12. The molecule has 3 rings (SSSR count). The average molecular weight is 589 g/mol. The molecule has 3 aromatic rings. The quantitative estimate of drug-likeness (QED) is 0.177. The largest absolute Gasteiger partial charge is 0.376 e. The van der Waals surface area contributed by atoms with Crippen LogP contribution in [0.25, 0.3) is 5.69 Å². The van der Waals surface area contributed by atoms with Gasteiger partial charge in [-0.15, -0.1) is 0 Å². The van der Waals surface area contributed by atoms with E-state index in [1.807, 2.05) is 48.5 Å². The zero-order valence-corrected chi connectivity index (χ0v) is 20.3. The number of para-hydroxylation sites is 1. The zero-order valence-electron chi connectivity index (χ0n) is 15.7. The molecule has 0 aliphatic carbocycles. The van der Waals surface area contributed by atoms with Crippen molar-refractivity contribution in [1.29, 1.82) is 0 Å². The van der Waals surface area contributed by atoms with Crippen LogP contribution in [0.1, 0.15) is 18.1 Å². The van der Waals surface area contributed by atoms with E-state index in [4.69, 9.17) is 21.7 Å². The minimum Gasteiger partial charge on any atom is -0.376 e. The van der Waals surface area contributed by atoms with Crippen molar-refractivity contribution in [1.82, 2.24) is 19.8 Å². The molecule has 0 N–H and O–H groups in total. The Balaban J connectivity index is 1.73. The van der Waals surface area contributed by atoms with Crippen LogP contribution in [0.4, 0.5) is 0 Å². The maximum atomic E-state index is 6.24. The molecular weight excluding hydrogens is 567 g/mol. The lowest BCUT2D eigenvalue weighted by Crippen LogP contribution is -2.22. The maximum Gasteiger partial charge on any atom is 0.222 e. The van der Waals surface area contributed by atoms with E-state index < -0.39 is 0 Å². The minimum atomic E-state index is -0.130. The molecule has 0 unspecified atom stereocenters. The van der Waals surface area contributed by atoms with E-state index in [9.17, 15) is 0 Å². The van der Waals surface area contributed by atoms with E-state index in [1.165, 1.54) is 0 Å². The second-order valence-electron chi connectivity index (χ2n) is 6.28. The summed E-state index contributed by atoms with van der Waals surface area (Å²) in [5.41, 5.74) is 1.98. The van der Waals surface area contributed by atoms with Crippen molar-refractivity contribution in [2.24, 2.45) is 0 Å². The number of hydrogen-bond donors (Lipinski definition) is 0. The lowest BCUT2D eigenvalue weighted by molar-refractivity contribution is -0.0375. The summed E-state index contributed by atoms with van der Waals surface area (Å²) in [5.74, 6) is 0. The maximum absolute atomic E-state index is 6.24. The first-order valence-corrected chi connectivity index (χ1v) is 12.3. The molecule has 0 fully saturated rings. The monoisotopic (exact) mass is 588 g/mol. The summed E-state index contributed by atoms with van der Waals surface area (Å²) >= 11 is 11.3. The SMILES string of the molecule is S=c1n(CO[C@@H](C[C@H](CI)OCCBr)c2ccccc2)nnn1-c1ccccc1. The second kappa shape index (κ2) is 11.9. The Morgan fingerprint density at radius 2 is 1.69 bits per heavy atom. The van der Waals surface area contributed by atoms with Crippen LogP contribution < -0.4 is 0 Å². The number of ether oxygens (including phenoxy) is 2. The fraction of sp³-hybridized carbons (Fsp3) is 0.350. The normalized spacial score (nSPS) is 13.3. The second-order valence-corrected chi connectivity index (χ2v) is 8.31. The standard InChI is InChI=1S/C20H22BrIN4O2S/c21-11-12-27-18(14-22)13-19(16-7-3-1-4-8-16)28-15-25-20(29)26(24-23-25)17-9-5-2-6-10-17/h1-10,18-19H,11-15H2/t18-,19+/m1/s1. The Labute approximate surface area is 197 Å². The number of hydrogen-bond acceptors (Lipinski definition) is 5. The van der Waals surface area contributed by atoms with Crippen LogP contribution in [0.2, 0.25) is 0 Å². The van der Waals surface area contributed by atoms with Crippen LogP contribution in [0, 0.1) is 4.77 Å². The van der Waals surface area contributed by atoms with Gasteiger partial charge in [-0.1, -0.05) is 87.1 Å². The van der Waals surface area contributed by atoms with E-state index in [-0.39, 0.29) is 18.9 Å². The van der Waals surface area contributed by atoms with Crippen molar-refractivity contribution in [3.8, 4) is 5.69 Å². The lowest BCUT2D eigenvalue weighted by Gasteiger charge is -2.23. The predicted molar refractivity (Wildman–Crippen MR) is 127 cm³/mol. The fourth-order valence-corrected chi connectivity index (χ4v) is 3.87. The molecule has 6 nitrogen and oxygen atoms in total. The van der Waals surface area contributed by atoms with Gasteiger partial charge in [-0.05, 0) is 40.3 Å². The third kappa shape index (κ3) is 6.42. The first-order valence-electron chi connectivity index (χ1n) is 9.21. The Bertz CT molecular complexity index is 923. The summed E-state index contributed by atoms with van der Waals surface area (Å²) < 4.78 is 16.8. The van der Waals surface area contributed by atoms with Gasteiger partial charge in [0.1, 0.15) is 6.73 Å². The molecule has 2 atom stereocenters. The molecule has 0 radical (unpaired) electrons. The molecule has 9 heteroatoms. The Kier molecular flexibility index (Phi) is 9.25. The van der Waals surface area contributed by atoms with Gasteiger partial charge >= 0.3 is 0 Å². The molecule has 0 aliphatic heterocycles. The van der Waals surface area contributed by atoms with Gasteiger partial charge in [-0.2, -0.15) is 9.36 Å². The third-order valence-electron chi connectivity index (χ3n) is 4.29. The van der Waals surface area contributed by atoms with Crippen LogP contribution in [-0.4, -0.2) is 42.3 Å². The molecule has 1 heterocycles. The van der Waals surface area contributed by atoms with E-state index in [1.54, 1.807) is 9.36 Å². The summed E-state index contributed by atoms with van der Waals surface area (Å²) in [6, 6.07) is 19.9. The molecule has 0 aliphatic rings. The first kappa shape index (κ1) is 22.5. The molecule has 0 spiro atoms. The first-order chi connectivity index (χ1) is 14.2. The van der Waals surface area contributed by atoms with E-state index >= 15 is 0 Å². The van der Waals surface area contributed by atoms with Crippen LogP contribution in [0.15, 0.2) is 60.7 Å². The van der Waals surface area contributed by atoms with Gasteiger partial charge in [0.15, 0.2) is 0 Å². The molecule has 154 valence electrons. The summed E-state index contributed by atoms with van der Waals surface area (Å²) in [7, 11) is 0. The van der Waals surface area contributed by atoms with Gasteiger partial charge in [0.25, 0.3) is 0 Å². The van der Waals surface area contributed by atoms with Crippen LogP contribution in [-0.2, 0) is 16.2 Å². The van der Waals surface area contributed by atoms with Gasteiger partial charge < -0.3 is 9.47 Å². The average Bonchev–Trinajstić information content (AvgIpc) is 3.15. The van der Waals surface area contributed by atoms with E-state index in [0.717, 1.165) is 27.4 Å². The molecule has 0 amide bonds. The van der Waals surface area contributed by atoms with E-state index in [0.29, 0.717) is 11.4 Å². The number of halogens is 2. The molecule has 1 aromatic heterocycles. The van der Waals surface area contributed by atoms with Gasteiger partial charge in [-0.25, -0.2) is 0 Å². The number of rotatable bonds is 11. The molecule has 2 aromatic carbocycles. The summed E-state index contributed by atoms with van der Waals surface area (Å²) in [4.78, 5) is 0. The number of tetrazole rings is 1. The Morgan fingerprint density at radius 1 is 1.00 bits per heavy atom. The van der Waals surface area contributed by atoms with Crippen molar-refractivity contribution in [3.63, 3.8) is 0 Å². The van der Waals surface area contributed by atoms with Crippen LogP contribution in [0.3, 0.4) is 0 Å². The van der Waals surface area contributed by atoms with Crippen molar-refractivity contribution in [2.75, 3.05) is 16.4 Å². The van der Waals surface area contributed by atoms with Gasteiger partial charge in [0.05, 0.1) is 24.5 Å². The van der Waals surface area contributed by atoms with Crippen molar-refractivity contribution >= 4 is 50.7 Å². The third-order valence-corrected chi connectivity index (χ3v) is 5.98. The number of aromatic nitrogens is 4.